The van der Waals surface area contributed by atoms with Crippen LogP contribution in [0.25, 0.3) is 6.08 Å². The minimum absolute atomic E-state index is 0.108. The molecule has 0 bridgehead atoms. The van der Waals surface area contributed by atoms with E-state index in [1.807, 2.05) is 73.1 Å². The van der Waals surface area contributed by atoms with Crippen LogP contribution in [-0.2, 0) is 11.3 Å². The molecule has 1 heterocycles. The van der Waals surface area contributed by atoms with Gasteiger partial charge in [0.25, 0.3) is 5.91 Å². The summed E-state index contributed by atoms with van der Waals surface area (Å²) in [6.45, 7) is 4.71. The number of carbonyl (C=O) groups excluding carboxylic acids is 1. The topological polar surface area (TPSA) is 57.8 Å². The van der Waals surface area contributed by atoms with Crippen molar-refractivity contribution in [3.05, 3.63) is 65.5 Å². The zero-order valence-electron chi connectivity index (χ0n) is 12.8. The predicted molar refractivity (Wildman–Crippen MR) is 86.7 cm³/mol. The summed E-state index contributed by atoms with van der Waals surface area (Å²) in [4.78, 5) is 12.3. The summed E-state index contributed by atoms with van der Waals surface area (Å²) < 4.78 is 1.98. The summed E-state index contributed by atoms with van der Waals surface area (Å²) in [7, 11) is 0. The van der Waals surface area contributed by atoms with Crippen LogP contribution in [-0.4, -0.2) is 10.5 Å². The van der Waals surface area contributed by atoms with Crippen LogP contribution in [0.5, 0.6) is 0 Å². The van der Waals surface area contributed by atoms with E-state index in [2.05, 4.69) is 5.32 Å². The Morgan fingerprint density at radius 2 is 2.05 bits per heavy atom. The van der Waals surface area contributed by atoms with Gasteiger partial charge in [0.2, 0.25) is 0 Å². The Morgan fingerprint density at radius 1 is 1.32 bits per heavy atom. The lowest BCUT2D eigenvalue weighted by Crippen LogP contribution is -2.27. The van der Waals surface area contributed by atoms with Crippen LogP contribution in [0.2, 0.25) is 0 Å². The van der Waals surface area contributed by atoms with Crippen molar-refractivity contribution in [2.45, 2.75) is 26.4 Å². The van der Waals surface area contributed by atoms with Crippen LogP contribution in [0, 0.1) is 11.3 Å². The number of hydrogen-bond donors (Lipinski definition) is 1. The number of carbonyl (C=O) groups is 1. The van der Waals surface area contributed by atoms with E-state index in [1.54, 1.807) is 6.08 Å². The maximum atomic E-state index is 12.3. The maximum absolute atomic E-state index is 12.3. The Kier molecular flexibility index (Phi) is 5.16. The molecule has 0 aliphatic heterocycles. The Morgan fingerprint density at radius 3 is 2.68 bits per heavy atom. The minimum Gasteiger partial charge on any atom is -0.348 e. The molecular formula is C18H19N3O. The molecule has 112 valence electrons. The molecule has 22 heavy (non-hydrogen) atoms. The molecule has 2 aromatic rings. The van der Waals surface area contributed by atoms with Crippen molar-refractivity contribution < 1.29 is 4.79 Å². The van der Waals surface area contributed by atoms with Crippen molar-refractivity contribution in [3.8, 4) is 6.07 Å². The predicted octanol–water partition coefficient (Wildman–Crippen LogP) is 3.29. The zero-order chi connectivity index (χ0) is 15.9. The van der Waals surface area contributed by atoms with E-state index in [1.165, 1.54) is 0 Å². The molecule has 1 amide bonds. The van der Waals surface area contributed by atoms with Gasteiger partial charge in [-0.15, -0.1) is 0 Å². The third kappa shape index (κ3) is 3.64. The van der Waals surface area contributed by atoms with E-state index in [0.717, 1.165) is 17.8 Å². The zero-order valence-corrected chi connectivity index (χ0v) is 12.8. The summed E-state index contributed by atoms with van der Waals surface area (Å²) in [6, 6.07) is 15.3. The number of benzene rings is 1. The van der Waals surface area contributed by atoms with Gasteiger partial charge in [-0.2, -0.15) is 5.26 Å². The van der Waals surface area contributed by atoms with Gasteiger partial charge in [0.05, 0.1) is 6.04 Å². The summed E-state index contributed by atoms with van der Waals surface area (Å²) in [5, 5.41) is 12.1. The highest BCUT2D eigenvalue weighted by Crippen LogP contribution is 2.13. The third-order valence-electron chi connectivity index (χ3n) is 3.51. The second-order valence-electron chi connectivity index (χ2n) is 4.99. The van der Waals surface area contributed by atoms with Gasteiger partial charge >= 0.3 is 0 Å². The smallest absolute Gasteiger partial charge is 0.262 e. The first-order chi connectivity index (χ1) is 10.7. The second-order valence-corrected chi connectivity index (χ2v) is 4.99. The maximum Gasteiger partial charge on any atom is 0.262 e. The van der Waals surface area contributed by atoms with Crippen LogP contribution in [0.3, 0.4) is 0 Å². The normalized spacial score (nSPS) is 12.5. The van der Waals surface area contributed by atoms with E-state index < -0.39 is 0 Å². The number of amides is 1. The summed E-state index contributed by atoms with van der Waals surface area (Å²) in [5.74, 6) is -0.359. The monoisotopic (exact) mass is 293 g/mol. The molecule has 1 aromatic heterocycles. The molecule has 0 unspecified atom stereocenters. The van der Waals surface area contributed by atoms with Crippen molar-refractivity contribution in [1.29, 1.82) is 5.26 Å². The van der Waals surface area contributed by atoms with Crippen molar-refractivity contribution >= 4 is 12.0 Å². The van der Waals surface area contributed by atoms with E-state index >= 15 is 0 Å². The van der Waals surface area contributed by atoms with Crippen LogP contribution in [0.4, 0.5) is 0 Å². The highest BCUT2D eigenvalue weighted by Gasteiger charge is 2.14. The van der Waals surface area contributed by atoms with Gasteiger partial charge in [-0.3, -0.25) is 4.79 Å². The number of nitriles is 1. The molecule has 0 aliphatic rings. The van der Waals surface area contributed by atoms with Crippen molar-refractivity contribution in [2.24, 2.45) is 0 Å². The minimum atomic E-state index is -0.359. The number of nitrogens with one attached hydrogen (secondary N) is 1. The molecule has 0 spiro atoms. The summed E-state index contributed by atoms with van der Waals surface area (Å²) in [6.07, 6.45) is 3.54. The number of rotatable bonds is 5. The standard InChI is InChI=1S/C18H19N3O/c1-3-21-11-7-10-17(21)12-16(13-19)18(22)20-14(2)15-8-5-4-6-9-15/h4-12,14H,3H2,1-2H3,(H,20,22)/b16-12-/t14-/m1/s1. The van der Waals surface area contributed by atoms with Crippen LogP contribution < -0.4 is 5.32 Å². The molecule has 4 heteroatoms. The molecule has 0 saturated heterocycles. The van der Waals surface area contributed by atoms with E-state index in [-0.39, 0.29) is 17.5 Å². The first kappa shape index (κ1) is 15.6. The molecule has 0 fully saturated rings. The van der Waals surface area contributed by atoms with Gasteiger partial charge in [0.15, 0.2) is 0 Å². The SMILES string of the molecule is CCn1cccc1/C=C(/C#N)C(=O)N[C@H](C)c1ccccc1. The van der Waals surface area contributed by atoms with Gasteiger partial charge in [-0.1, -0.05) is 30.3 Å². The third-order valence-corrected chi connectivity index (χ3v) is 3.51. The van der Waals surface area contributed by atoms with Crippen molar-refractivity contribution in [3.63, 3.8) is 0 Å². The molecule has 1 N–H and O–H groups in total. The Balaban J connectivity index is 2.15. The number of nitrogens with zero attached hydrogens (tertiary/aromatic N) is 2. The largest absolute Gasteiger partial charge is 0.348 e. The summed E-state index contributed by atoms with van der Waals surface area (Å²) in [5.41, 5.74) is 1.96. The lowest BCUT2D eigenvalue weighted by atomic mass is 10.1. The Hall–Kier alpha value is -2.80. The van der Waals surface area contributed by atoms with Crippen LogP contribution >= 0.6 is 0 Å². The molecule has 1 aromatic carbocycles. The molecule has 0 saturated carbocycles. The number of aromatic nitrogens is 1. The van der Waals surface area contributed by atoms with E-state index in [4.69, 9.17) is 0 Å². The highest BCUT2D eigenvalue weighted by atomic mass is 16.1. The van der Waals surface area contributed by atoms with Crippen LogP contribution in [0.1, 0.15) is 31.1 Å². The molecule has 0 radical (unpaired) electrons. The highest BCUT2D eigenvalue weighted by molar-refractivity contribution is 6.01. The molecule has 0 aliphatic carbocycles. The number of hydrogen-bond acceptors (Lipinski definition) is 2. The van der Waals surface area contributed by atoms with Gasteiger partial charge in [-0.25, -0.2) is 0 Å². The van der Waals surface area contributed by atoms with E-state index in [0.29, 0.717) is 0 Å². The molecule has 2 rings (SSSR count). The van der Waals surface area contributed by atoms with Gasteiger partial charge < -0.3 is 9.88 Å². The van der Waals surface area contributed by atoms with Crippen LogP contribution in [0.15, 0.2) is 54.2 Å². The Bertz CT molecular complexity index is 707. The van der Waals surface area contributed by atoms with Gasteiger partial charge in [0.1, 0.15) is 11.6 Å². The fourth-order valence-corrected chi connectivity index (χ4v) is 2.24. The van der Waals surface area contributed by atoms with Gasteiger partial charge in [0, 0.05) is 18.4 Å². The van der Waals surface area contributed by atoms with Crippen molar-refractivity contribution in [1.82, 2.24) is 9.88 Å². The molecule has 1 atom stereocenters. The number of aryl methyl sites for hydroxylation is 1. The van der Waals surface area contributed by atoms with E-state index in [9.17, 15) is 10.1 Å². The lowest BCUT2D eigenvalue weighted by molar-refractivity contribution is -0.117. The quantitative estimate of drug-likeness (QED) is 0.679. The second kappa shape index (κ2) is 7.28. The van der Waals surface area contributed by atoms with Crippen molar-refractivity contribution in [2.75, 3.05) is 0 Å². The first-order valence-corrected chi connectivity index (χ1v) is 7.28. The first-order valence-electron chi connectivity index (χ1n) is 7.28. The van der Waals surface area contributed by atoms with Gasteiger partial charge in [-0.05, 0) is 37.6 Å². The fourth-order valence-electron chi connectivity index (χ4n) is 2.24. The molecular weight excluding hydrogens is 274 g/mol. The average Bonchev–Trinajstić information content (AvgIpc) is 3.00. The Labute approximate surface area is 130 Å². The summed E-state index contributed by atoms with van der Waals surface area (Å²) >= 11 is 0. The lowest BCUT2D eigenvalue weighted by Gasteiger charge is -2.13. The molecule has 4 nitrogen and oxygen atoms in total. The average molecular weight is 293 g/mol. The fraction of sp³-hybridized carbons (Fsp3) is 0.222.